The van der Waals surface area contributed by atoms with Crippen molar-refractivity contribution in [2.75, 3.05) is 13.6 Å². The SMILES string of the molecule is CN(CC(=O)Cl)C(=O)Cn1cnnn1. The van der Waals surface area contributed by atoms with Crippen molar-refractivity contribution in [2.24, 2.45) is 0 Å². The molecule has 76 valence electrons. The second kappa shape index (κ2) is 4.66. The van der Waals surface area contributed by atoms with Crippen molar-refractivity contribution in [3.8, 4) is 0 Å². The number of tetrazole rings is 1. The zero-order valence-corrected chi connectivity index (χ0v) is 8.18. The summed E-state index contributed by atoms with van der Waals surface area (Å²) < 4.78 is 1.26. The van der Waals surface area contributed by atoms with Crippen LogP contribution in [0.2, 0.25) is 0 Å². The topological polar surface area (TPSA) is 81.0 Å². The maximum Gasteiger partial charge on any atom is 0.244 e. The molecule has 0 N–H and O–H groups in total. The van der Waals surface area contributed by atoms with E-state index in [-0.39, 0.29) is 19.0 Å². The largest absolute Gasteiger partial charge is 0.335 e. The molecule has 1 aromatic heterocycles. The minimum atomic E-state index is -0.586. The van der Waals surface area contributed by atoms with Crippen molar-refractivity contribution in [2.45, 2.75) is 6.54 Å². The molecule has 14 heavy (non-hydrogen) atoms. The van der Waals surface area contributed by atoms with E-state index < -0.39 is 5.24 Å². The fourth-order valence-electron chi connectivity index (χ4n) is 0.787. The van der Waals surface area contributed by atoms with Crippen LogP contribution in [0.3, 0.4) is 0 Å². The van der Waals surface area contributed by atoms with E-state index in [1.165, 1.54) is 23.0 Å². The van der Waals surface area contributed by atoms with Gasteiger partial charge in [0.15, 0.2) is 0 Å². The van der Waals surface area contributed by atoms with Crippen LogP contribution in [0, 0.1) is 0 Å². The number of carbonyl (C=O) groups is 2. The average Bonchev–Trinajstić information content (AvgIpc) is 2.55. The van der Waals surface area contributed by atoms with Gasteiger partial charge in [0.05, 0.1) is 6.54 Å². The van der Waals surface area contributed by atoms with Crippen LogP contribution in [-0.4, -0.2) is 49.8 Å². The van der Waals surface area contributed by atoms with E-state index in [0.29, 0.717) is 0 Å². The molecule has 1 amide bonds. The lowest BCUT2D eigenvalue weighted by atomic mass is 10.5. The molecule has 0 unspecified atom stereocenters. The van der Waals surface area contributed by atoms with Gasteiger partial charge in [-0.3, -0.25) is 9.59 Å². The first-order chi connectivity index (χ1) is 6.59. The first-order valence-corrected chi connectivity index (χ1v) is 4.10. The quantitative estimate of drug-likeness (QED) is 0.598. The van der Waals surface area contributed by atoms with Gasteiger partial charge in [0.25, 0.3) is 0 Å². The van der Waals surface area contributed by atoms with E-state index in [0.717, 1.165) is 0 Å². The highest BCUT2D eigenvalue weighted by Gasteiger charge is 2.12. The first kappa shape index (κ1) is 10.6. The van der Waals surface area contributed by atoms with Crippen LogP contribution in [-0.2, 0) is 16.1 Å². The van der Waals surface area contributed by atoms with Gasteiger partial charge in [-0.15, -0.1) is 5.10 Å². The molecule has 0 spiro atoms. The minimum Gasteiger partial charge on any atom is -0.335 e. The van der Waals surface area contributed by atoms with Crippen LogP contribution in [0.15, 0.2) is 6.33 Å². The second-order valence-electron chi connectivity index (χ2n) is 2.61. The molecule has 0 saturated heterocycles. The van der Waals surface area contributed by atoms with Gasteiger partial charge in [-0.05, 0) is 22.0 Å². The Kier molecular flexibility index (Phi) is 3.52. The Bertz CT molecular complexity index is 325. The molecule has 0 bridgehead atoms. The number of amides is 1. The molecule has 0 aliphatic carbocycles. The third-order valence-electron chi connectivity index (χ3n) is 1.48. The summed E-state index contributed by atoms with van der Waals surface area (Å²) in [5.74, 6) is -0.286. The standard InChI is InChI=1S/C6H8ClN5O2/c1-11(2-5(7)13)6(14)3-12-4-8-9-10-12/h4H,2-3H2,1H3. The Morgan fingerprint density at radius 1 is 1.57 bits per heavy atom. The molecule has 0 fully saturated rings. The zero-order chi connectivity index (χ0) is 10.6. The van der Waals surface area contributed by atoms with Gasteiger partial charge in [-0.25, -0.2) is 4.68 Å². The van der Waals surface area contributed by atoms with Crippen LogP contribution in [0.4, 0.5) is 0 Å². The fraction of sp³-hybridized carbons (Fsp3) is 0.500. The summed E-state index contributed by atoms with van der Waals surface area (Å²) in [6.45, 7) is -0.129. The summed E-state index contributed by atoms with van der Waals surface area (Å²) in [5.41, 5.74) is 0. The molecule has 1 rings (SSSR count). The molecule has 0 aliphatic rings. The molecule has 0 aliphatic heterocycles. The Hall–Kier alpha value is -1.50. The number of hydrogen-bond donors (Lipinski definition) is 0. The van der Waals surface area contributed by atoms with Gasteiger partial charge in [-0.1, -0.05) is 0 Å². The predicted octanol–water partition coefficient (Wildman–Crippen LogP) is -1.10. The number of carbonyl (C=O) groups excluding carboxylic acids is 2. The van der Waals surface area contributed by atoms with E-state index in [9.17, 15) is 9.59 Å². The van der Waals surface area contributed by atoms with Crippen LogP contribution in [0.5, 0.6) is 0 Å². The molecule has 0 saturated carbocycles. The Labute approximate surface area is 84.6 Å². The van der Waals surface area contributed by atoms with Crippen molar-refractivity contribution in [1.29, 1.82) is 0 Å². The van der Waals surface area contributed by atoms with Gasteiger partial charge >= 0.3 is 0 Å². The van der Waals surface area contributed by atoms with Gasteiger partial charge < -0.3 is 4.90 Å². The third-order valence-corrected chi connectivity index (χ3v) is 1.60. The van der Waals surface area contributed by atoms with Crippen LogP contribution >= 0.6 is 11.6 Å². The highest BCUT2D eigenvalue weighted by molar-refractivity contribution is 6.64. The molecule has 0 atom stereocenters. The van der Waals surface area contributed by atoms with Gasteiger partial charge in [0, 0.05) is 7.05 Å². The Morgan fingerprint density at radius 3 is 2.79 bits per heavy atom. The number of likely N-dealkylation sites (N-methyl/N-ethyl adjacent to an activating group) is 1. The summed E-state index contributed by atoms with van der Waals surface area (Å²) in [6, 6.07) is 0. The van der Waals surface area contributed by atoms with Gasteiger partial charge in [0.2, 0.25) is 11.1 Å². The Morgan fingerprint density at radius 2 is 2.29 bits per heavy atom. The Balaban J connectivity index is 2.46. The van der Waals surface area contributed by atoms with Gasteiger partial charge in [-0.2, -0.15) is 0 Å². The number of nitrogens with zero attached hydrogens (tertiary/aromatic N) is 5. The molecular formula is C6H8ClN5O2. The molecule has 0 aromatic carbocycles. The van der Waals surface area contributed by atoms with E-state index in [2.05, 4.69) is 15.5 Å². The van der Waals surface area contributed by atoms with E-state index in [1.807, 2.05) is 0 Å². The summed E-state index contributed by atoms with van der Waals surface area (Å²) in [5, 5.41) is 9.65. The summed E-state index contributed by atoms with van der Waals surface area (Å²) in [4.78, 5) is 23.0. The fourth-order valence-corrected chi connectivity index (χ4v) is 0.966. The second-order valence-corrected chi connectivity index (χ2v) is 3.03. The highest BCUT2D eigenvalue weighted by Crippen LogP contribution is 1.91. The van der Waals surface area contributed by atoms with Gasteiger partial charge in [0.1, 0.15) is 12.9 Å². The number of aromatic nitrogens is 4. The molecule has 7 nitrogen and oxygen atoms in total. The smallest absolute Gasteiger partial charge is 0.244 e. The third kappa shape index (κ3) is 3.09. The van der Waals surface area contributed by atoms with E-state index in [1.54, 1.807) is 0 Å². The van der Waals surface area contributed by atoms with Crippen LogP contribution in [0.25, 0.3) is 0 Å². The molecular weight excluding hydrogens is 210 g/mol. The summed E-state index contributed by atoms with van der Waals surface area (Å²) >= 11 is 5.12. The summed E-state index contributed by atoms with van der Waals surface area (Å²) in [6.07, 6.45) is 1.31. The normalized spacial score (nSPS) is 9.86. The lowest BCUT2D eigenvalue weighted by Gasteiger charge is -2.13. The first-order valence-electron chi connectivity index (χ1n) is 3.72. The minimum absolute atomic E-state index is 0.00628. The maximum atomic E-state index is 11.3. The molecule has 8 heteroatoms. The average molecular weight is 218 g/mol. The maximum absolute atomic E-state index is 11.3. The van der Waals surface area contributed by atoms with Crippen molar-refractivity contribution < 1.29 is 9.59 Å². The van der Waals surface area contributed by atoms with Crippen molar-refractivity contribution in [1.82, 2.24) is 25.1 Å². The highest BCUT2D eigenvalue weighted by atomic mass is 35.5. The number of hydrogen-bond acceptors (Lipinski definition) is 5. The van der Waals surface area contributed by atoms with Crippen molar-refractivity contribution in [3.05, 3.63) is 6.33 Å². The van der Waals surface area contributed by atoms with Crippen molar-refractivity contribution >= 4 is 22.8 Å². The number of halogens is 1. The number of rotatable bonds is 4. The van der Waals surface area contributed by atoms with E-state index >= 15 is 0 Å². The monoisotopic (exact) mass is 217 g/mol. The lowest BCUT2D eigenvalue weighted by molar-refractivity contribution is -0.133. The van der Waals surface area contributed by atoms with Crippen molar-refractivity contribution in [3.63, 3.8) is 0 Å². The molecule has 0 radical (unpaired) electrons. The zero-order valence-electron chi connectivity index (χ0n) is 7.42. The summed E-state index contributed by atoms with van der Waals surface area (Å²) in [7, 11) is 1.48. The predicted molar refractivity (Wildman–Crippen MR) is 46.3 cm³/mol. The van der Waals surface area contributed by atoms with Crippen LogP contribution in [0.1, 0.15) is 0 Å². The lowest BCUT2D eigenvalue weighted by Crippen LogP contribution is -2.33. The van der Waals surface area contributed by atoms with E-state index in [4.69, 9.17) is 11.6 Å². The van der Waals surface area contributed by atoms with Crippen LogP contribution < -0.4 is 0 Å². The molecule has 1 heterocycles. The molecule has 1 aromatic rings.